The van der Waals surface area contributed by atoms with Gasteiger partial charge in [0.15, 0.2) is 0 Å². The molecule has 1 unspecified atom stereocenters. The number of aliphatic hydroxyl groups excluding tert-OH is 1. The van der Waals surface area contributed by atoms with E-state index < -0.39 is 0 Å². The Balaban J connectivity index is 1.50. The molecule has 0 aromatic carbocycles. The second kappa shape index (κ2) is 5.71. The molecule has 3 heteroatoms. The highest BCUT2D eigenvalue weighted by atomic mass is 16.5. The fourth-order valence-electron chi connectivity index (χ4n) is 4.17. The Hall–Kier alpha value is -0.120. The lowest BCUT2D eigenvalue weighted by molar-refractivity contribution is -0.136. The van der Waals surface area contributed by atoms with E-state index in [2.05, 4.69) is 5.32 Å². The van der Waals surface area contributed by atoms with Crippen LogP contribution in [-0.4, -0.2) is 36.5 Å². The van der Waals surface area contributed by atoms with E-state index in [1.165, 1.54) is 57.8 Å². The molecule has 3 rings (SSSR count). The van der Waals surface area contributed by atoms with Crippen LogP contribution in [-0.2, 0) is 4.74 Å². The van der Waals surface area contributed by atoms with Crippen molar-refractivity contribution < 1.29 is 9.84 Å². The summed E-state index contributed by atoms with van der Waals surface area (Å²) in [5.41, 5.74) is 0.401. The van der Waals surface area contributed by atoms with Crippen LogP contribution < -0.4 is 5.32 Å². The molecule has 2 aliphatic carbocycles. The van der Waals surface area contributed by atoms with Gasteiger partial charge in [-0.25, -0.2) is 0 Å². The minimum atomic E-state index is 0.170. The second-order valence-electron chi connectivity index (χ2n) is 7.17. The number of ether oxygens (including phenoxy) is 1. The average molecular weight is 267 g/mol. The van der Waals surface area contributed by atoms with Crippen LogP contribution in [0.2, 0.25) is 0 Å². The van der Waals surface area contributed by atoms with Crippen molar-refractivity contribution in [2.75, 3.05) is 19.8 Å². The summed E-state index contributed by atoms with van der Waals surface area (Å²) in [7, 11) is 0. The van der Waals surface area contributed by atoms with Crippen LogP contribution in [0.5, 0.6) is 0 Å². The van der Waals surface area contributed by atoms with E-state index in [-0.39, 0.29) is 11.0 Å². The van der Waals surface area contributed by atoms with E-state index in [9.17, 15) is 5.11 Å². The zero-order valence-electron chi connectivity index (χ0n) is 12.1. The van der Waals surface area contributed by atoms with Crippen molar-refractivity contribution in [3.8, 4) is 0 Å². The van der Waals surface area contributed by atoms with E-state index in [1.54, 1.807) is 0 Å². The van der Waals surface area contributed by atoms with Crippen LogP contribution in [0.15, 0.2) is 0 Å². The summed E-state index contributed by atoms with van der Waals surface area (Å²) >= 11 is 0. The SMILES string of the molecule is OCC1(CNC2CCOC3(CCC3)C2)CCCCC1. The molecular formula is C16H29NO2. The van der Waals surface area contributed by atoms with Crippen molar-refractivity contribution >= 4 is 0 Å². The molecule has 1 heterocycles. The highest BCUT2D eigenvalue weighted by Gasteiger charge is 2.43. The molecule has 1 atom stereocenters. The van der Waals surface area contributed by atoms with Crippen molar-refractivity contribution in [3.05, 3.63) is 0 Å². The van der Waals surface area contributed by atoms with Crippen molar-refractivity contribution in [1.29, 1.82) is 0 Å². The Labute approximate surface area is 117 Å². The molecule has 1 saturated heterocycles. The van der Waals surface area contributed by atoms with Crippen molar-refractivity contribution in [1.82, 2.24) is 5.32 Å². The van der Waals surface area contributed by atoms with Crippen LogP contribution in [0.3, 0.4) is 0 Å². The smallest absolute Gasteiger partial charge is 0.0697 e. The maximum absolute atomic E-state index is 9.77. The van der Waals surface area contributed by atoms with E-state index in [0.717, 1.165) is 19.6 Å². The standard InChI is InChI=1S/C16H29NO2/c18-13-15(6-2-1-3-7-15)12-17-14-5-10-19-16(11-14)8-4-9-16/h14,17-18H,1-13H2. The molecule has 1 spiro atoms. The van der Waals surface area contributed by atoms with E-state index in [0.29, 0.717) is 12.6 Å². The van der Waals surface area contributed by atoms with Gasteiger partial charge in [0.05, 0.1) is 5.60 Å². The Morgan fingerprint density at radius 2 is 1.84 bits per heavy atom. The topological polar surface area (TPSA) is 41.5 Å². The minimum absolute atomic E-state index is 0.170. The van der Waals surface area contributed by atoms with Gasteiger partial charge in [0.1, 0.15) is 0 Å². The first-order valence-electron chi connectivity index (χ1n) is 8.24. The Morgan fingerprint density at radius 1 is 1.05 bits per heavy atom. The number of hydrogen-bond acceptors (Lipinski definition) is 3. The lowest BCUT2D eigenvalue weighted by Crippen LogP contribution is -2.53. The van der Waals surface area contributed by atoms with Gasteiger partial charge in [0.25, 0.3) is 0 Å². The monoisotopic (exact) mass is 267 g/mol. The summed E-state index contributed by atoms with van der Waals surface area (Å²) in [6.45, 7) is 2.28. The highest BCUT2D eigenvalue weighted by molar-refractivity contribution is 4.97. The molecule has 19 heavy (non-hydrogen) atoms. The number of rotatable bonds is 4. The number of nitrogens with one attached hydrogen (secondary N) is 1. The first-order valence-corrected chi connectivity index (χ1v) is 8.24. The summed E-state index contributed by atoms with van der Waals surface area (Å²) in [5.74, 6) is 0. The van der Waals surface area contributed by atoms with Crippen LogP contribution in [0.25, 0.3) is 0 Å². The summed E-state index contributed by atoms with van der Waals surface area (Å²) in [5, 5.41) is 13.5. The highest BCUT2D eigenvalue weighted by Crippen LogP contribution is 2.42. The molecule has 0 bridgehead atoms. The van der Waals surface area contributed by atoms with Gasteiger partial charge in [-0.05, 0) is 44.9 Å². The largest absolute Gasteiger partial charge is 0.396 e. The third-order valence-electron chi connectivity index (χ3n) is 5.77. The molecule has 2 saturated carbocycles. The molecule has 0 radical (unpaired) electrons. The second-order valence-corrected chi connectivity index (χ2v) is 7.17. The summed E-state index contributed by atoms with van der Waals surface area (Å²) in [4.78, 5) is 0. The maximum atomic E-state index is 9.77. The minimum Gasteiger partial charge on any atom is -0.396 e. The van der Waals surface area contributed by atoms with E-state index in [4.69, 9.17) is 4.74 Å². The molecule has 3 aliphatic rings. The van der Waals surface area contributed by atoms with Gasteiger partial charge in [-0.15, -0.1) is 0 Å². The van der Waals surface area contributed by atoms with Gasteiger partial charge in [-0.3, -0.25) is 0 Å². The molecule has 2 N–H and O–H groups in total. The van der Waals surface area contributed by atoms with Gasteiger partial charge in [0.2, 0.25) is 0 Å². The fourth-order valence-corrected chi connectivity index (χ4v) is 4.17. The summed E-state index contributed by atoms with van der Waals surface area (Å²) < 4.78 is 5.99. The van der Waals surface area contributed by atoms with Crippen molar-refractivity contribution in [3.63, 3.8) is 0 Å². The molecule has 110 valence electrons. The molecule has 0 aromatic heterocycles. The molecule has 1 aliphatic heterocycles. The number of aliphatic hydroxyl groups is 1. The number of hydrogen-bond donors (Lipinski definition) is 2. The Morgan fingerprint density at radius 3 is 2.47 bits per heavy atom. The average Bonchev–Trinajstić information content (AvgIpc) is 2.45. The molecular weight excluding hydrogens is 238 g/mol. The van der Waals surface area contributed by atoms with Crippen LogP contribution in [0, 0.1) is 5.41 Å². The van der Waals surface area contributed by atoms with E-state index in [1.807, 2.05) is 0 Å². The third-order valence-corrected chi connectivity index (χ3v) is 5.77. The lowest BCUT2D eigenvalue weighted by atomic mass is 9.72. The Kier molecular flexibility index (Phi) is 4.16. The van der Waals surface area contributed by atoms with Crippen molar-refractivity contribution in [2.24, 2.45) is 5.41 Å². The first kappa shape index (κ1) is 13.8. The molecule has 3 nitrogen and oxygen atoms in total. The van der Waals surface area contributed by atoms with Gasteiger partial charge in [-0.1, -0.05) is 19.3 Å². The molecule has 0 amide bonds. The summed E-state index contributed by atoms with van der Waals surface area (Å²) in [6, 6.07) is 0.611. The predicted molar refractivity (Wildman–Crippen MR) is 76.2 cm³/mol. The zero-order valence-corrected chi connectivity index (χ0v) is 12.1. The quantitative estimate of drug-likeness (QED) is 0.823. The van der Waals surface area contributed by atoms with Crippen molar-refractivity contribution in [2.45, 2.75) is 75.9 Å². The first-order chi connectivity index (χ1) is 9.26. The lowest BCUT2D eigenvalue weighted by Gasteiger charge is -2.48. The fraction of sp³-hybridized carbons (Fsp3) is 1.00. The van der Waals surface area contributed by atoms with Crippen LogP contribution >= 0.6 is 0 Å². The molecule has 3 fully saturated rings. The van der Waals surface area contributed by atoms with Crippen LogP contribution in [0.4, 0.5) is 0 Å². The maximum Gasteiger partial charge on any atom is 0.0697 e. The summed E-state index contributed by atoms with van der Waals surface area (Å²) in [6.07, 6.45) is 12.5. The van der Waals surface area contributed by atoms with Gasteiger partial charge in [0, 0.05) is 31.2 Å². The normalized spacial score (nSPS) is 33.0. The predicted octanol–water partition coefficient (Wildman–Crippen LogP) is 2.62. The van der Waals surface area contributed by atoms with Crippen LogP contribution in [0.1, 0.15) is 64.2 Å². The van der Waals surface area contributed by atoms with Gasteiger partial charge in [-0.2, -0.15) is 0 Å². The Bertz CT molecular complexity index is 295. The van der Waals surface area contributed by atoms with E-state index >= 15 is 0 Å². The molecule has 0 aromatic rings. The zero-order chi connectivity index (χ0) is 13.2. The van der Waals surface area contributed by atoms with Gasteiger partial charge < -0.3 is 15.2 Å². The van der Waals surface area contributed by atoms with Gasteiger partial charge >= 0.3 is 0 Å². The third kappa shape index (κ3) is 2.98.